The molecule has 0 saturated carbocycles. The van der Waals surface area contributed by atoms with E-state index in [9.17, 15) is 10.2 Å². The van der Waals surface area contributed by atoms with E-state index in [1.807, 2.05) is 48.5 Å². The third-order valence-corrected chi connectivity index (χ3v) is 8.51. The Balaban J connectivity index is 0. The van der Waals surface area contributed by atoms with Gasteiger partial charge in [-0.2, -0.15) is 0 Å². The molecule has 6 N–H and O–H groups in total. The van der Waals surface area contributed by atoms with Crippen LogP contribution in [0.3, 0.4) is 0 Å². The maximum atomic E-state index is 9.71. The lowest BCUT2D eigenvalue weighted by atomic mass is 9.86. The molecule has 334 valence electrons. The molecule has 2 unspecified atom stereocenters. The van der Waals surface area contributed by atoms with Gasteiger partial charge in [0.25, 0.3) is 0 Å². The zero-order valence-corrected chi connectivity index (χ0v) is 38.4. The Labute approximate surface area is 348 Å². The zero-order chi connectivity index (χ0) is 43.9. The minimum absolute atomic E-state index is 0.248. The van der Waals surface area contributed by atoms with Crippen LogP contribution >= 0.6 is 0 Å². The predicted molar refractivity (Wildman–Crippen MR) is 236 cm³/mol. The number of hydrogen-bond acceptors (Lipinski definition) is 10. The molecule has 0 heterocycles. The molecular formula is C47H87NO9. The van der Waals surface area contributed by atoms with E-state index >= 15 is 0 Å². The molecule has 0 radical (unpaired) electrons. The number of hydrogen-bond donors (Lipinski definition) is 6. The number of aliphatic hydroxyl groups is 5. The maximum absolute atomic E-state index is 9.71. The van der Waals surface area contributed by atoms with Crippen LogP contribution < -0.4 is 14.8 Å². The minimum atomic E-state index is -0.920. The SMILES string of the molecule is CC(C)CC(C)(C)C.CC(C)CCCNC(CO)(CO)CO.COCCc1ccc(OCC(O)CC(C)C)cc1.COCc1ccc(OCC(O)CC(C)C)cc1. The van der Waals surface area contributed by atoms with Crippen molar-refractivity contribution in [3.63, 3.8) is 0 Å². The highest BCUT2D eigenvalue weighted by molar-refractivity contribution is 5.28. The van der Waals surface area contributed by atoms with Gasteiger partial charge < -0.3 is 49.8 Å². The van der Waals surface area contributed by atoms with E-state index < -0.39 is 17.7 Å². The summed E-state index contributed by atoms with van der Waals surface area (Å²) in [6.07, 6.45) is 5.07. The monoisotopic (exact) mass is 810 g/mol. The van der Waals surface area contributed by atoms with E-state index in [1.54, 1.807) is 14.2 Å². The van der Waals surface area contributed by atoms with Crippen LogP contribution in [0.15, 0.2) is 48.5 Å². The second-order valence-electron chi connectivity index (χ2n) is 18.0. The summed E-state index contributed by atoms with van der Waals surface area (Å²) >= 11 is 0. The summed E-state index contributed by atoms with van der Waals surface area (Å²) < 4.78 is 21.1. The van der Waals surface area contributed by atoms with Gasteiger partial charge in [-0.15, -0.1) is 0 Å². The predicted octanol–water partition coefficient (Wildman–Crippen LogP) is 8.09. The summed E-state index contributed by atoms with van der Waals surface area (Å²) in [5.74, 6) is 4.06. The van der Waals surface area contributed by atoms with E-state index in [0.29, 0.717) is 49.5 Å². The summed E-state index contributed by atoms with van der Waals surface area (Å²) in [4.78, 5) is 0. The van der Waals surface area contributed by atoms with Crippen LogP contribution in [0.5, 0.6) is 11.5 Å². The summed E-state index contributed by atoms with van der Waals surface area (Å²) in [7, 11) is 3.38. The largest absolute Gasteiger partial charge is 0.491 e. The number of rotatable bonds is 24. The second-order valence-corrected chi connectivity index (χ2v) is 18.0. The molecule has 2 aromatic rings. The quantitative estimate of drug-likeness (QED) is 0.0575. The van der Waals surface area contributed by atoms with Gasteiger partial charge in [0.1, 0.15) is 24.7 Å². The average molecular weight is 810 g/mol. The van der Waals surface area contributed by atoms with Gasteiger partial charge in [-0.3, -0.25) is 0 Å². The first-order chi connectivity index (χ1) is 26.7. The summed E-state index contributed by atoms with van der Waals surface area (Å²) in [5, 5.41) is 49.4. The van der Waals surface area contributed by atoms with Crippen molar-refractivity contribution in [1.29, 1.82) is 0 Å². The van der Waals surface area contributed by atoms with Crippen molar-refractivity contribution in [3.8, 4) is 11.5 Å². The first-order valence-electron chi connectivity index (χ1n) is 21.1. The molecular weight excluding hydrogens is 723 g/mol. The van der Waals surface area contributed by atoms with Crippen molar-refractivity contribution in [2.24, 2.45) is 29.1 Å². The maximum Gasteiger partial charge on any atom is 0.119 e. The molecule has 10 nitrogen and oxygen atoms in total. The Morgan fingerprint density at radius 3 is 1.35 bits per heavy atom. The minimum Gasteiger partial charge on any atom is -0.491 e. The lowest BCUT2D eigenvalue weighted by Gasteiger charge is -2.28. The Bertz CT molecular complexity index is 1150. The number of aliphatic hydroxyl groups excluding tert-OH is 5. The van der Waals surface area contributed by atoms with Crippen molar-refractivity contribution in [1.82, 2.24) is 5.32 Å². The Kier molecular flexibility index (Phi) is 33.4. The van der Waals surface area contributed by atoms with Crippen molar-refractivity contribution in [2.45, 2.75) is 139 Å². The third-order valence-electron chi connectivity index (χ3n) is 8.51. The summed E-state index contributed by atoms with van der Waals surface area (Å²) in [6, 6.07) is 15.7. The van der Waals surface area contributed by atoms with E-state index in [0.717, 1.165) is 61.7 Å². The number of methoxy groups -OCH3 is 2. The van der Waals surface area contributed by atoms with Gasteiger partial charge in [-0.1, -0.05) is 100 Å². The van der Waals surface area contributed by atoms with E-state index in [-0.39, 0.29) is 19.8 Å². The van der Waals surface area contributed by atoms with Gasteiger partial charge in [-0.25, -0.2) is 0 Å². The highest BCUT2D eigenvalue weighted by atomic mass is 16.5. The highest BCUT2D eigenvalue weighted by Crippen LogP contribution is 2.23. The van der Waals surface area contributed by atoms with Crippen LogP contribution in [0.25, 0.3) is 0 Å². The second kappa shape index (κ2) is 33.5. The van der Waals surface area contributed by atoms with Gasteiger partial charge >= 0.3 is 0 Å². The van der Waals surface area contributed by atoms with Crippen molar-refractivity contribution < 1.29 is 44.5 Å². The molecule has 2 atom stereocenters. The smallest absolute Gasteiger partial charge is 0.119 e. The van der Waals surface area contributed by atoms with Gasteiger partial charge in [-0.05, 0) is 110 Å². The molecule has 10 heteroatoms. The fraction of sp³-hybridized carbons (Fsp3) is 0.745. The van der Waals surface area contributed by atoms with Crippen LogP contribution in [0.4, 0.5) is 0 Å². The molecule has 0 amide bonds. The molecule has 0 aliphatic heterocycles. The Morgan fingerprint density at radius 1 is 0.596 bits per heavy atom. The standard InChI is InChI=1S/C15H24O3.C14H22O3.C10H23NO3.C8H18/c1-12(2)10-14(16)11-18-15-6-4-13(5-7-15)8-9-17-3;1-11(2)8-13(15)10-17-14-6-4-12(5-7-14)9-16-3;1-9(2)4-3-5-11-10(6-12,7-13)8-14;1-7(2)6-8(3,4)5/h4-7,12,14,16H,8-11H2,1-3H3;4-7,11,13,15H,8-10H2,1-3H3;9,11-14H,3-8H2,1-2H3;7H,6H2,1-5H3. The van der Waals surface area contributed by atoms with Crippen LogP contribution in [-0.2, 0) is 22.5 Å². The first-order valence-corrected chi connectivity index (χ1v) is 21.1. The Morgan fingerprint density at radius 2 is 1.04 bits per heavy atom. The van der Waals surface area contributed by atoms with Crippen LogP contribution in [0.1, 0.15) is 119 Å². The molecule has 57 heavy (non-hydrogen) atoms. The van der Waals surface area contributed by atoms with Gasteiger partial charge in [0, 0.05) is 14.2 Å². The topological polar surface area (TPSA) is 150 Å². The molecule has 2 aromatic carbocycles. The normalized spacial score (nSPS) is 12.7. The summed E-state index contributed by atoms with van der Waals surface area (Å²) in [5.41, 5.74) is 1.94. The molecule has 0 aromatic heterocycles. The van der Waals surface area contributed by atoms with Gasteiger partial charge in [0.05, 0.1) is 50.8 Å². The zero-order valence-electron chi connectivity index (χ0n) is 38.4. The number of benzene rings is 2. The summed E-state index contributed by atoms with van der Waals surface area (Å²) in [6.45, 7) is 26.1. The van der Waals surface area contributed by atoms with Crippen molar-refractivity contribution in [2.75, 3.05) is 60.4 Å². The lowest BCUT2D eigenvalue weighted by Crippen LogP contribution is -2.55. The molecule has 0 aliphatic rings. The molecule has 0 bridgehead atoms. The van der Waals surface area contributed by atoms with Gasteiger partial charge in [0.15, 0.2) is 0 Å². The first kappa shape index (κ1) is 56.8. The average Bonchev–Trinajstić information content (AvgIpc) is 3.13. The van der Waals surface area contributed by atoms with Crippen molar-refractivity contribution >= 4 is 0 Å². The van der Waals surface area contributed by atoms with Crippen LogP contribution in [0, 0.1) is 29.1 Å². The number of ether oxygens (including phenoxy) is 4. The number of nitrogens with one attached hydrogen (secondary N) is 1. The fourth-order valence-corrected chi connectivity index (χ4v) is 5.84. The van der Waals surface area contributed by atoms with Crippen LogP contribution in [0.2, 0.25) is 0 Å². The molecule has 0 aliphatic carbocycles. The molecule has 0 fully saturated rings. The highest BCUT2D eigenvalue weighted by Gasteiger charge is 2.26. The lowest BCUT2D eigenvalue weighted by molar-refractivity contribution is 0.0424. The fourth-order valence-electron chi connectivity index (χ4n) is 5.84. The third kappa shape index (κ3) is 34.3. The molecule has 2 rings (SSSR count). The van der Waals surface area contributed by atoms with Gasteiger partial charge in [0.2, 0.25) is 0 Å². The van der Waals surface area contributed by atoms with E-state index in [2.05, 4.69) is 81.5 Å². The van der Waals surface area contributed by atoms with E-state index in [1.165, 1.54) is 12.0 Å². The molecule has 0 saturated heterocycles. The van der Waals surface area contributed by atoms with Crippen molar-refractivity contribution in [3.05, 3.63) is 59.7 Å². The molecule has 0 spiro atoms. The Hall–Kier alpha value is -2.28. The van der Waals surface area contributed by atoms with Crippen LogP contribution in [-0.4, -0.2) is 104 Å². The van der Waals surface area contributed by atoms with E-state index in [4.69, 9.17) is 34.3 Å².